The molecule has 2 heteroatoms. The van der Waals surface area contributed by atoms with E-state index in [9.17, 15) is 0 Å². The van der Waals surface area contributed by atoms with Gasteiger partial charge in [-0.2, -0.15) is 0 Å². The molecule has 0 bridgehead atoms. The van der Waals surface area contributed by atoms with Gasteiger partial charge in [0.2, 0.25) is 0 Å². The molecule has 1 aromatic carbocycles. The van der Waals surface area contributed by atoms with Crippen molar-refractivity contribution < 1.29 is 0 Å². The van der Waals surface area contributed by atoms with Crippen molar-refractivity contribution in [2.75, 3.05) is 0 Å². The molecule has 0 spiro atoms. The molecule has 0 nitrogen and oxygen atoms in total. The third-order valence-electron chi connectivity index (χ3n) is 2.33. The normalized spacial score (nSPS) is 10.5. The zero-order valence-corrected chi connectivity index (χ0v) is 11.1. The number of halogens is 1. The molecule has 0 fully saturated rings. The number of aryl methyl sites for hydroxylation is 1. The van der Waals surface area contributed by atoms with E-state index in [4.69, 9.17) is 0 Å². The smallest absolute Gasteiger partial charge is 0.0178 e. The molecule has 1 aromatic heterocycles. The Labute approximate surface area is 103 Å². The predicted molar refractivity (Wildman–Crippen MR) is 70.6 cm³/mol. The van der Waals surface area contributed by atoms with Crippen LogP contribution in [0.1, 0.15) is 22.2 Å². The zero-order chi connectivity index (χ0) is 10.7. The van der Waals surface area contributed by atoms with Crippen molar-refractivity contribution in [2.45, 2.75) is 19.8 Å². The lowest BCUT2D eigenvalue weighted by Gasteiger charge is -1.99. The number of hydrogen-bond donors (Lipinski definition) is 0. The minimum atomic E-state index is 1.05. The highest BCUT2D eigenvalue weighted by Gasteiger charge is 2.00. The third-order valence-corrected chi connectivity index (χ3v) is 4.06. The molecule has 15 heavy (non-hydrogen) atoms. The van der Waals surface area contributed by atoms with Gasteiger partial charge in [0.15, 0.2) is 0 Å². The molecule has 2 rings (SSSR count). The number of benzene rings is 1. The molecule has 0 aliphatic carbocycles. The zero-order valence-electron chi connectivity index (χ0n) is 8.66. The summed E-state index contributed by atoms with van der Waals surface area (Å²) < 4.78 is 1.16. The van der Waals surface area contributed by atoms with E-state index in [-0.39, 0.29) is 0 Å². The monoisotopic (exact) mass is 280 g/mol. The highest BCUT2D eigenvalue weighted by molar-refractivity contribution is 9.10. The summed E-state index contributed by atoms with van der Waals surface area (Å²) in [5.74, 6) is 0. The van der Waals surface area contributed by atoms with Crippen molar-refractivity contribution in [2.24, 2.45) is 0 Å². The van der Waals surface area contributed by atoms with Gasteiger partial charge in [-0.3, -0.25) is 0 Å². The predicted octanol–water partition coefficient (Wildman–Crippen LogP) is 4.66. The molecule has 1 heterocycles. The summed E-state index contributed by atoms with van der Waals surface area (Å²) in [5, 5.41) is 0. The van der Waals surface area contributed by atoms with Gasteiger partial charge < -0.3 is 0 Å². The summed E-state index contributed by atoms with van der Waals surface area (Å²) >= 11 is 5.42. The van der Waals surface area contributed by atoms with Crippen LogP contribution >= 0.6 is 27.3 Å². The van der Waals surface area contributed by atoms with Crippen molar-refractivity contribution in [3.8, 4) is 0 Å². The Hall–Kier alpha value is -0.600. The number of hydrogen-bond acceptors (Lipinski definition) is 1. The van der Waals surface area contributed by atoms with Crippen LogP contribution in [-0.2, 0) is 12.8 Å². The average molecular weight is 281 g/mol. The van der Waals surface area contributed by atoms with E-state index in [1.54, 1.807) is 0 Å². The summed E-state index contributed by atoms with van der Waals surface area (Å²) in [4.78, 5) is 2.92. The van der Waals surface area contributed by atoms with Gasteiger partial charge >= 0.3 is 0 Å². The maximum Gasteiger partial charge on any atom is 0.0178 e. The first-order chi connectivity index (χ1) is 7.28. The van der Waals surface area contributed by atoms with E-state index in [1.807, 2.05) is 11.3 Å². The fraction of sp³-hybridized carbons (Fsp3) is 0.231. The lowest BCUT2D eigenvalue weighted by atomic mass is 10.1. The van der Waals surface area contributed by atoms with Crippen LogP contribution in [0, 0.1) is 0 Å². The summed E-state index contributed by atoms with van der Waals surface area (Å²) in [6.45, 7) is 2.20. The highest BCUT2D eigenvalue weighted by Crippen LogP contribution is 2.21. The fourth-order valence-corrected chi connectivity index (χ4v) is 2.99. The molecule has 0 aliphatic heterocycles. The van der Waals surface area contributed by atoms with Crippen LogP contribution in [0.5, 0.6) is 0 Å². The van der Waals surface area contributed by atoms with Crippen molar-refractivity contribution in [1.82, 2.24) is 0 Å². The van der Waals surface area contributed by atoms with Gasteiger partial charge in [-0.25, -0.2) is 0 Å². The molecule has 0 aliphatic rings. The van der Waals surface area contributed by atoms with Crippen molar-refractivity contribution in [1.29, 1.82) is 0 Å². The molecule has 0 saturated carbocycles. The van der Waals surface area contributed by atoms with E-state index in [0.29, 0.717) is 0 Å². The second-order valence-corrected chi connectivity index (χ2v) is 5.70. The SMILES string of the molecule is CCc1ccc(Cc2cccc(Br)c2)s1. The molecule has 0 saturated heterocycles. The van der Waals surface area contributed by atoms with Gasteiger partial charge in [-0.15, -0.1) is 11.3 Å². The Morgan fingerprint density at radius 1 is 1.13 bits per heavy atom. The van der Waals surface area contributed by atoms with Crippen LogP contribution in [0.15, 0.2) is 40.9 Å². The largest absolute Gasteiger partial charge is 0.145 e. The Bertz CT molecular complexity index is 445. The minimum Gasteiger partial charge on any atom is -0.145 e. The molecule has 0 unspecified atom stereocenters. The van der Waals surface area contributed by atoms with Crippen molar-refractivity contribution in [3.63, 3.8) is 0 Å². The standard InChI is InChI=1S/C13H13BrS/c1-2-12-6-7-13(15-12)9-10-4-3-5-11(14)8-10/h3-8H,2,9H2,1H3. The van der Waals surface area contributed by atoms with Crippen molar-refractivity contribution in [3.05, 3.63) is 56.2 Å². The maximum absolute atomic E-state index is 3.50. The van der Waals surface area contributed by atoms with Crippen LogP contribution in [0.3, 0.4) is 0 Å². The van der Waals surface area contributed by atoms with E-state index < -0.39 is 0 Å². The maximum atomic E-state index is 3.50. The summed E-state index contributed by atoms with van der Waals surface area (Å²) in [7, 11) is 0. The lowest BCUT2D eigenvalue weighted by molar-refractivity contribution is 1.19. The highest BCUT2D eigenvalue weighted by atomic mass is 79.9. The van der Waals surface area contributed by atoms with Crippen LogP contribution in [0.25, 0.3) is 0 Å². The second kappa shape index (κ2) is 4.95. The summed E-state index contributed by atoms with van der Waals surface area (Å²) in [6.07, 6.45) is 2.19. The molecule has 0 N–H and O–H groups in total. The van der Waals surface area contributed by atoms with Gasteiger partial charge in [0.1, 0.15) is 0 Å². The Kier molecular flexibility index (Phi) is 3.60. The van der Waals surface area contributed by atoms with Crippen LogP contribution < -0.4 is 0 Å². The van der Waals surface area contributed by atoms with Gasteiger partial charge in [0, 0.05) is 20.6 Å². The van der Waals surface area contributed by atoms with Gasteiger partial charge in [-0.1, -0.05) is 35.0 Å². The Morgan fingerprint density at radius 2 is 1.93 bits per heavy atom. The molecule has 0 radical (unpaired) electrons. The van der Waals surface area contributed by atoms with E-state index in [2.05, 4.69) is 59.3 Å². The van der Waals surface area contributed by atoms with Gasteiger partial charge in [0.25, 0.3) is 0 Å². The molecule has 0 atom stereocenters. The molecular formula is C13H13BrS. The molecular weight excluding hydrogens is 268 g/mol. The first-order valence-corrected chi connectivity index (χ1v) is 6.71. The quantitative estimate of drug-likeness (QED) is 0.767. The van der Waals surface area contributed by atoms with E-state index >= 15 is 0 Å². The minimum absolute atomic E-state index is 1.05. The van der Waals surface area contributed by atoms with E-state index in [0.717, 1.165) is 17.3 Å². The first-order valence-electron chi connectivity index (χ1n) is 5.10. The van der Waals surface area contributed by atoms with Crippen LogP contribution in [0.2, 0.25) is 0 Å². The Balaban J connectivity index is 2.14. The summed E-state index contributed by atoms with van der Waals surface area (Å²) in [5.41, 5.74) is 1.37. The lowest BCUT2D eigenvalue weighted by Crippen LogP contribution is -1.83. The topological polar surface area (TPSA) is 0 Å². The molecule has 78 valence electrons. The van der Waals surface area contributed by atoms with Crippen LogP contribution in [-0.4, -0.2) is 0 Å². The Morgan fingerprint density at radius 3 is 2.60 bits per heavy atom. The van der Waals surface area contributed by atoms with Gasteiger partial charge in [-0.05, 0) is 36.2 Å². The number of rotatable bonds is 3. The molecule has 2 aromatic rings. The van der Waals surface area contributed by atoms with Gasteiger partial charge in [0.05, 0.1) is 0 Å². The second-order valence-electron chi connectivity index (χ2n) is 3.53. The fourth-order valence-electron chi connectivity index (χ4n) is 1.56. The van der Waals surface area contributed by atoms with E-state index in [1.165, 1.54) is 15.3 Å². The third kappa shape index (κ3) is 2.93. The average Bonchev–Trinajstić information content (AvgIpc) is 2.65. The molecule has 0 amide bonds. The van der Waals surface area contributed by atoms with Crippen LogP contribution in [0.4, 0.5) is 0 Å². The number of thiophene rings is 1. The first kappa shape index (κ1) is 10.9. The summed E-state index contributed by atoms with van der Waals surface area (Å²) in [6, 6.07) is 13.0. The van der Waals surface area contributed by atoms with Crippen molar-refractivity contribution >= 4 is 27.3 Å².